The fraction of sp³-hybridized carbons (Fsp3) is 0.320. The predicted molar refractivity (Wildman–Crippen MR) is 137 cm³/mol. The highest BCUT2D eigenvalue weighted by Gasteiger charge is 2.52. The number of methoxy groups -OCH3 is 1. The number of rotatable bonds is 5. The van der Waals surface area contributed by atoms with Crippen molar-refractivity contribution in [2.75, 3.05) is 43.2 Å². The molecular weight excluding hydrogens is 474 g/mol. The number of hydrogen-bond acceptors (Lipinski definition) is 10. The summed E-state index contributed by atoms with van der Waals surface area (Å²) in [6, 6.07) is 8.71. The average molecular weight is 498 g/mol. The second-order valence-corrected chi connectivity index (χ2v) is 10.3. The van der Waals surface area contributed by atoms with Crippen molar-refractivity contribution in [3.63, 3.8) is 0 Å². The molecule has 10 nitrogen and oxygen atoms in total. The predicted octanol–water partition coefficient (Wildman–Crippen LogP) is 3.02. The zero-order chi connectivity index (χ0) is 25.0. The highest BCUT2D eigenvalue weighted by Crippen LogP contribution is 2.53. The number of fused-ring (bicyclic) bond motifs is 3. The van der Waals surface area contributed by atoms with Crippen molar-refractivity contribution >= 4 is 39.0 Å². The van der Waals surface area contributed by atoms with Crippen molar-refractivity contribution in [2.24, 2.45) is 0 Å². The van der Waals surface area contributed by atoms with Crippen LogP contribution >= 0.6 is 11.3 Å². The molecule has 4 aromatic heterocycles. The number of nitrogens with one attached hydrogen (secondary N) is 1. The lowest BCUT2D eigenvalue weighted by Gasteiger charge is -2.49. The minimum atomic E-state index is -0.0873. The minimum absolute atomic E-state index is 0.0873. The van der Waals surface area contributed by atoms with Crippen molar-refractivity contribution < 1.29 is 4.74 Å². The largest absolute Gasteiger partial charge is 0.467 e. The summed E-state index contributed by atoms with van der Waals surface area (Å²) in [5, 5.41) is 24.7. The molecule has 1 fully saturated rings. The van der Waals surface area contributed by atoms with Gasteiger partial charge in [-0.05, 0) is 24.5 Å². The first-order valence-corrected chi connectivity index (χ1v) is 12.4. The van der Waals surface area contributed by atoms with Crippen molar-refractivity contribution in [1.29, 1.82) is 10.5 Å². The van der Waals surface area contributed by atoms with Gasteiger partial charge in [-0.3, -0.25) is 0 Å². The fourth-order valence-corrected chi connectivity index (χ4v) is 6.79. The molecular formula is C25H23N9OS. The first kappa shape index (κ1) is 22.1. The van der Waals surface area contributed by atoms with Gasteiger partial charge in [0.15, 0.2) is 5.65 Å². The normalized spacial score (nSPS) is 15.4. The molecule has 0 unspecified atom stereocenters. The molecule has 0 aromatic carbocycles. The fourth-order valence-electron chi connectivity index (χ4n) is 5.57. The Balaban J connectivity index is 1.42. The maximum atomic E-state index is 9.98. The number of anilines is 3. The number of thiophene rings is 1. The maximum absolute atomic E-state index is 9.98. The van der Waals surface area contributed by atoms with E-state index in [1.807, 2.05) is 23.7 Å². The van der Waals surface area contributed by atoms with Crippen LogP contribution in [0.15, 0.2) is 24.5 Å². The van der Waals surface area contributed by atoms with Gasteiger partial charge in [0, 0.05) is 48.4 Å². The summed E-state index contributed by atoms with van der Waals surface area (Å²) < 4.78 is 7.34. The lowest BCUT2D eigenvalue weighted by molar-refractivity contribution is 0.324. The summed E-state index contributed by atoms with van der Waals surface area (Å²) in [5.41, 5.74) is 9.86. The smallest absolute Gasteiger partial charge is 0.320 e. The number of hydrogen-bond donors (Lipinski definition) is 2. The molecule has 6 rings (SSSR count). The van der Waals surface area contributed by atoms with Crippen LogP contribution in [0.2, 0.25) is 0 Å². The molecule has 2 aliphatic rings. The van der Waals surface area contributed by atoms with Crippen LogP contribution in [0.25, 0.3) is 11.0 Å². The summed E-state index contributed by atoms with van der Waals surface area (Å²) in [7, 11) is 3.39. The van der Waals surface area contributed by atoms with Crippen LogP contribution in [-0.4, -0.2) is 46.8 Å². The zero-order valence-corrected chi connectivity index (χ0v) is 20.7. The second-order valence-electron chi connectivity index (χ2n) is 9.17. The van der Waals surface area contributed by atoms with Crippen LogP contribution in [0.3, 0.4) is 0 Å². The summed E-state index contributed by atoms with van der Waals surface area (Å²) >= 11 is 1.68. The van der Waals surface area contributed by atoms with E-state index in [2.05, 4.69) is 37.3 Å². The molecule has 0 radical (unpaired) electrons. The number of nitriles is 2. The summed E-state index contributed by atoms with van der Waals surface area (Å²) in [4.78, 5) is 16.9. The lowest BCUT2D eigenvalue weighted by Crippen LogP contribution is -2.59. The van der Waals surface area contributed by atoms with E-state index in [1.54, 1.807) is 23.7 Å². The van der Waals surface area contributed by atoms with Gasteiger partial charge in [-0.1, -0.05) is 6.07 Å². The van der Waals surface area contributed by atoms with Crippen LogP contribution < -0.4 is 20.7 Å². The molecule has 0 atom stereocenters. The number of nitrogen functional groups attached to an aromatic ring is 1. The van der Waals surface area contributed by atoms with Gasteiger partial charge in [0.2, 0.25) is 0 Å². The number of aromatic nitrogens is 4. The van der Waals surface area contributed by atoms with Crippen molar-refractivity contribution in [1.82, 2.24) is 19.5 Å². The van der Waals surface area contributed by atoms with Crippen LogP contribution in [0.4, 0.5) is 16.6 Å². The van der Waals surface area contributed by atoms with Crippen molar-refractivity contribution in [3.05, 3.63) is 51.7 Å². The molecule has 1 saturated heterocycles. The Morgan fingerprint density at radius 2 is 2.11 bits per heavy atom. The quantitative estimate of drug-likeness (QED) is 0.425. The van der Waals surface area contributed by atoms with E-state index < -0.39 is 0 Å². The number of nitrogens with zero attached hydrogens (tertiary/aromatic N) is 7. The van der Waals surface area contributed by atoms with Gasteiger partial charge < -0.3 is 25.3 Å². The third kappa shape index (κ3) is 3.10. The van der Waals surface area contributed by atoms with Crippen molar-refractivity contribution in [2.45, 2.75) is 24.8 Å². The van der Waals surface area contributed by atoms with E-state index in [4.69, 9.17) is 10.5 Å². The highest BCUT2D eigenvalue weighted by molar-refractivity contribution is 7.16. The Labute approximate surface area is 211 Å². The Hall–Kier alpha value is -4.35. The average Bonchev–Trinajstić information content (AvgIpc) is 3.54. The SMILES string of the molecule is CNc1sc2c(c1C#N)C1(CC2)CN(c2nc(OC)nc3c2c(C#N)cn3Cc2cccnc2N)C1. The van der Waals surface area contributed by atoms with Gasteiger partial charge in [0.05, 0.1) is 30.2 Å². The number of pyridine rings is 1. The molecule has 3 N–H and O–H groups in total. The standard InChI is InChI=1S/C25H23N9OS/c1-29-23-16(9-27)19-17(36-23)5-6-25(19)12-34(13-25)22-18-15(8-26)11-33(21(18)31-24(32-22)35-2)10-14-4-3-7-30-20(14)28/h3-4,7,11,29H,5-6,10,12-13H2,1-2H3,(H2,28,30). The van der Waals surface area contributed by atoms with Gasteiger partial charge >= 0.3 is 6.01 Å². The third-order valence-electron chi connectivity index (χ3n) is 7.21. The summed E-state index contributed by atoms with van der Waals surface area (Å²) in [6.07, 6.45) is 5.40. The molecule has 1 spiro atoms. The molecule has 1 aliphatic carbocycles. The molecule has 1 aliphatic heterocycles. The van der Waals surface area contributed by atoms with E-state index >= 15 is 0 Å². The van der Waals surface area contributed by atoms with Crippen LogP contribution in [-0.2, 0) is 18.4 Å². The second kappa shape index (κ2) is 8.11. The van der Waals surface area contributed by atoms with Gasteiger partial charge in [-0.15, -0.1) is 11.3 Å². The topological polar surface area (TPSA) is 142 Å². The Bertz CT molecular complexity index is 1600. The van der Waals surface area contributed by atoms with E-state index in [9.17, 15) is 10.5 Å². The third-order valence-corrected chi connectivity index (χ3v) is 8.48. The van der Waals surface area contributed by atoms with Gasteiger partial charge in [-0.25, -0.2) is 4.98 Å². The molecule has 36 heavy (non-hydrogen) atoms. The van der Waals surface area contributed by atoms with E-state index in [0.29, 0.717) is 34.8 Å². The van der Waals surface area contributed by atoms with Crippen LogP contribution in [0.5, 0.6) is 6.01 Å². The van der Waals surface area contributed by atoms with Crippen LogP contribution in [0.1, 0.15) is 33.6 Å². The number of nitrogens with two attached hydrogens (primary N) is 1. The first-order chi connectivity index (χ1) is 17.5. The Morgan fingerprint density at radius 1 is 1.28 bits per heavy atom. The van der Waals surface area contributed by atoms with Gasteiger partial charge in [0.1, 0.15) is 28.8 Å². The van der Waals surface area contributed by atoms with Crippen LogP contribution in [0, 0.1) is 22.7 Å². The number of aryl methyl sites for hydroxylation is 1. The molecule has 0 bridgehead atoms. The summed E-state index contributed by atoms with van der Waals surface area (Å²) in [6.45, 7) is 1.85. The zero-order valence-electron chi connectivity index (χ0n) is 19.9. The number of ether oxygens (including phenoxy) is 1. The van der Waals surface area contributed by atoms with Gasteiger partial charge in [-0.2, -0.15) is 20.5 Å². The summed E-state index contributed by atoms with van der Waals surface area (Å²) in [5.74, 6) is 1.11. The Kier molecular flexibility index (Phi) is 4.99. The van der Waals surface area contributed by atoms with E-state index in [0.717, 1.165) is 42.1 Å². The molecule has 180 valence electrons. The molecule has 11 heteroatoms. The van der Waals surface area contributed by atoms with E-state index in [-0.39, 0.29) is 11.4 Å². The van der Waals surface area contributed by atoms with E-state index in [1.165, 1.54) is 17.6 Å². The first-order valence-electron chi connectivity index (χ1n) is 11.5. The molecule has 0 saturated carbocycles. The van der Waals surface area contributed by atoms with Gasteiger partial charge in [0.25, 0.3) is 0 Å². The van der Waals surface area contributed by atoms with Crippen molar-refractivity contribution in [3.8, 4) is 18.1 Å². The molecule has 5 heterocycles. The lowest BCUT2D eigenvalue weighted by atomic mass is 9.74. The Morgan fingerprint density at radius 3 is 2.81 bits per heavy atom. The highest BCUT2D eigenvalue weighted by atomic mass is 32.1. The monoisotopic (exact) mass is 497 g/mol. The molecule has 0 amide bonds. The molecule has 4 aromatic rings. The minimum Gasteiger partial charge on any atom is -0.467 e. The maximum Gasteiger partial charge on any atom is 0.320 e.